The minimum absolute atomic E-state index is 0.368. The van der Waals surface area contributed by atoms with Crippen LogP contribution in [0.15, 0.2) is 42.6 Å². The Balaban J connectivity index is 1.71. The highest BCUT2D eigenvalue weighted by Crippen LogP contribution is 2.27. The number of carbonyl (C=O) groups excluding carboxylic acids is 2. The summed E-state index contributed by atoms with van der Waals surface area (Å²) in [5, 5.41) is 3.48. The number of carbonyl (C=O) groups is 2. The van der Waals surface area contributed by atoms with E-state index < -0.39 is 12.1 Å². The molecule has 6 nitrogen and oxygen atoms in total. The van der Waals surface area contributed by atoms with E-state index in [-0.39, 0.29) is 5.91 Å². The third kappa shape index (κ3) is 4.26. The fourth-order valence-electron chi connectivity index (χ4n) is 2.69. The molecule has 0 spiro atoms. The number of benzene rings is 1. The maximum absolute atomic E-state index is 12.6. The molecule has 0 aliphatic rings. The van der Waals surface area contributed by atoms with Crippen molar-refractivity contribution in [3.8, 4) is 10.7 Å². The summed E-state index contributed by atoms with van der Waals surface area (Å²) >= 11 is 1.20. The van der Waals surface area contributed by atoms with Crippen molar-refractivity contribution < 1.29 is 14.3 Å². The van der Waals surface area contributed by atoms with Gasteiger partial charge in [0.2, 0.25) is 0 Å². The van der Waals surface area contributed by atoms with Crippen LogP contribution >= 0.6 is 11.3 Å². The van der Waals surface area contributed by atoms with Gasteiger partial charge in [0.15, 0.2) is 6.10 Å². The first kappa shape index (κ1) is 19.7. The van der Waals surface area contributed by atoms with Gasteiger partial charge in [-0.25, -0.2) is 9.78 Å². The fourth-order valence-corrected chi connectivity index (χ4v) is 3.61. The molecular weight excluding hydrogens is 374 g/mol. The molecule has 0 aliphatic carbocycles. The molecule has 0 saturated heterocycles. The molecule has 0 bridgehead atoms. The molecule has 1 N–H and O–H groups in total. The van der Waals surface area contributed by atoms with Gasteiger partial charge in [-0.2, -0.15) is 0 Å². The maximum atomic E-state index is 12.6. The van der Waals surface area contributed by atoms with Crippen molar-refractivity contribution in [2.24, 2.45) is 0 Å². The number of para-hydroxylation sites is 1. The second kappa shape index (κ2) is 8.31. The molecule has 2 heterocycles. The summed E-state index contributed by atoms with van der Waals surface area (Å²) in [6, 6.07) is 11.3. The van der Waals surface area contributed by atoms with Gasteiger partial charge in [-0.05, 0) is 51.0 Å². The molecule has 1 atom stereocenters. The third-order valence-electron chi connectivity index (χ3n) is 4.25. The normalized spacial score (nSPS) is 11.7. The summed E-state index contributed by atoms with van der Waals surface area (Å²) in [4.78, 5) is 34.1. The second-order valence-corrected chi connectivity index (χ2v) is 7.45. The Hall–Kier alpha value is -3.06. The van der Waals surface area contributed by atoms with Crippen molar-refractivity contribution in [1.82, 2.24) is 9.97 Å². The zero-order valence-corrected chi connectivity index (χ0v) is 17.0. The molecule has 0 saturated carbocycles. The van der Waals surface area contributed by atoms with Crippen LogP contribution in [-0.4, -0.2) is 27.9 Å². The van der Waals surface area contributed by atoms with Gasteiger partial charge >= 0.3 is 5.97 Å². The fraction of sp³-hybridized carbons (Fsp3) is 0.238. The Morgan fingerprint density at radius 3 is 2.43 bits per heavy atom. The first-order valence-electron chi connectivity index (χ1n) is 8.83. The Bertz CT molecular complexity index is 995. The lowest BCUT2D eigenvalue weighted by atomic mass is 10.1. The van der Waals surface area contributed by atoms with Gasteiger partial charge < -0.3 is 10.1 Å². The molecule has 1 aromatic carbocycles. The number of amides is 1. The number of esters is 1. The number of thiazole rings is 1. The first-order chi connectivity index (χ1) is 13.4. The van der Waals surface area contributed by atoms with Crippen molar-refractivity contribution in [2.45, 2.75) is 33.8 Å². The summed E-state index contributed by atoms with van der Waals surface area (Å²) < 4.78 is 5.38. The number of rotatable bonds is 5. The molecular formula is C21H21N3O3S. The highest BCUT2D eigenvalue weighted by molar-refractivity contribution is 7.17. The Kier molecular flexibility index (Phi) is 5.84. The number of hydrogen-bond donors (Lipinski definition) is 1. The predicted octanol–water partition coefficient (Wildman–Crippen LogP) is 4.31. The minimum atomic E-state index is -0.939. The van der Waals surface area contributed by atoms with Gasteiger partial charge in [0.05, 0.1) is 11.4 Å². The smallest absolute Gasteiger partial charge is 0.351 e. The Morgan fingerprint density at radius 2 is 1.79 bits per heavy atom. The molecule has 1 amide bonds. The van der Waals surface area contributed by atoms with Crippen molar-refractivity contribution in [3.05, 3.63) is 64.3 Å². The average molecular weight is 395 g/mol. The monoisotopic (exact) mass is 395 g/mol. The van der Waals surface area contributed by atoms with E-state index in [2.05, 4.69) is 15.3 Å². The van der Waals surface area contributed by atoms with Crippen molar-refractivity contribution in [2.75, 3.05) is 5.32 Å². The summed E-state index contributed by atoms with van der Waals surface area (Å²) in [5.41, 5.74) is 3.88. The lowest BCUT2D eigenvalue weighted by Crippen LogP contribution is -2.30. The van der Waals surface area contributed by atoms with Gasteiger partial charge in [0.1, 0.15) is 9.88 Å². The Labute approximate surface area is 167 Å². The van der Waals surface area contributed by atoms with E-state index in [4.69, 9.17) is 4.74 Å². The number of aryl methyl sites for hydroxylation is 3. The lowest BCUT2D eigenvalue weighted by Gasteiger charge is -2.16. The summed E-state index contributed by atoms with van der Waals surface area (Å²) in [6.07, 6.45) is 0.732. The average Bonchev–Trinajstić information content (AvgIpc) is 3.07. The third-order valence-corrected chi connectivity index (χ3v) is 5.41. The summed E-state index contributed by atoms with van der Waals surface area (Å²) in [6.45, 7) is 7.12. The molecule has 144 valence electrons. The van der Waals surface area contributed by atoms with E-state index >= 15 is 0 Å². The van der Waals surface area contributed by atoms with Gasteiger partial charge in [-0.3, -0.25) is 9.78 Å². The molecule has 28 heavy (non-hydrogen) atoms. The molecule has 0 radical (unpaired) electrons. The second-order valence-electron chi connectivity index (χ2n) is 6.45. The maximum Gasteiger partial charge on any atom is 0.351 e. The van der Waals surface area contributed by atoms with Crippen LogP contribution in [0.25, 0.3) is 10.7 Å². The number of aromatic nitrogens is 2. The zero-order chi connectivity index (χ0) is 20.3. The van der Waals surface area contributed by atoms with E-state index in [9.17, 15) is 9.59 Å². The van der Waals surface area contributed by atoms with Gasteiger partial charge in [-0.1, -0.05) is 24.3 Å². The predicted molar refractivity (Wildman–Crippen MR) is 110 cm³/mol. The highest BCUT2D eigenvalue weighted by atomic mass is 32.1. The van der Waals surface area contributed by atoms with Gasteiger partial charge in [0, 0.05) is 11.9 Å². The van der Waals surface area contributed by atoms with Crippen molar-refractivity contribution in [3.63, 3.8) is 0 Å². The number of nitrogens with one attached hydrogen (secondary N) is 1. The Morgan fingerprint density at radius 1 is 1.07 bits per heavy atom. The molecule has 3 rings (SSSR count). The quantitative estimate of drug-likeness (QED) is 0.651. The number of ether oxygens (including phenoxy) is 1. The van der Waals surface area contributed by atoms with Crippen LogP contribution in [0.2, 0.25) is 0 Å². The standard InChI is InChI=1S/C21H21N3O3S/c1-12-8-7-9-13(2)17(12)24-19(25)15(4)27-21(26)18-14(3)23-20(28-18)16-10-5-6-11-22-16/h5-11,15H,1-4H3,(H,24,25). The van der Waals surface area contributed by atoms with Crippen molar-refractivity contribution in [1.29, 1.82) is 0 Å². The molecule has 0 fully saturated rings. The molecule has 7 heteroatoms. The largest absolute Gasteiger partial charge is 0.448 e. The van der Waals surface area contributed by atoms with Crippen LogP contribution in [-0.2, 0) is 9.53 Å². The van der Waals surface area contributed by atoms with Crippen LogP contribution in [0, 0.1) is 20.8 Å². The van der Waals surface area contributed by atoms with Crippen LogP contribution in [0.5, 0.6) is 0 Å². The molecule has 1 unspecified atom stereocenters. The van der Waals surface area contributed by atoms with E-state index in [1.165, 1.54) is 11.3 Å². The van der Waals surface area contributed by atoms with Gasteiger partial charge in [-0.15, -0.1) is 11.3 Å². The topological polar surface area (TPSA) is 81.2 Å². The zero-order valence-electron chi connectivity index (χ0n) is 16.1. The number of anilines is 1. The van der Waals surface area contributed by atoms with Gasteiger partial charge in [0.25, 0.3) is 5.91 Å². The van der Waals surface area contributed by atoms with E-state index in [1.807, 2.05) is 50.2 Å². The van der Waals surface area contributed by atoms with Crippen molar-refractivity contribution >= 4 is 28.9 Å². The minimum Gasteiger partial charge on any atom is -0.448 e. The SMILES string of the molecule is Cc1cccc(C)c1NC(=O)C(C)OC(=O)c1sc(-c2ccccn2)nc1C. The van der Waals surface area contributed by atoms with Crippen LogP contribution in [0.3, 0.4) is 0 Å². The molecule has 3 aromatic rings. The number of pyridine rings is 1. The highest BCUT2D eigenvalue weighted by Gasteiger charge is 2.24. The number of nitrogens with zero attached hydrogens (tertiary/aromatic N) is 2. The molecule has 0 aliphatic heterocycles. The molecule has 2 aromatic heterocycles. The van der Waals surface area contributed by atoms with Crippen LogP contribution in [0.4, 0.5) is 5.69 Å². The number of hydrogen-bond acceptors (Lipinski definition) is 6. The van der Waals surface area contributed by atoms with E-state index in [0.29, 0.717) is 21.3 Å². The lowest BCUT2D eigenvalue weighted by molar-refractivity contribution is -0.123. The van der Waals surface area contributed by atoms with E-state index in [1.54, 1.807) is 20.0 Å². The summed E-state index contributed by atoms with van der Waals surface area (Å²) in [7, 11) is 0. The first-order valence-corrected chi connectivity index (χ1v) is 9.65. The van der Waals surface area contributed by atoms with E-state index in [0.717, 1.165) is 16.8 Å². The summed E-state index contributed by atoms with van der Waals surface area (Å²) in [5.74, 6) is -0.945. The van der Waals surface area contributed by atoms with Crippen LogP contribution < -0.4 is 5.32 Å². The van der Waals surface area contributed by atoms with Crippen LogP contribution in [0.1, 0.15) is 33.4 Å².